The van der Waals surface area contributed by atoms with Crippen molar-refractivity contribution in [3.8, 4) is 0 Å². The van der Waals surface area contributed by atoms with Gasteiger partial charge in [0, 0.05) is 4.91 Å². The summed E-state index contributed by atoms with van der Waals surface area (Å²) in [4.78, 5) is 14.1. The molecule has 1 aliphatic rings. The van der Waals surface area contributed by atoms with Crippen LogP contribution < -0.4 is 5.32 Å². The van der Waals surface area contributed by atoms with Crippen molar-refractivity contribution in [2.75, 3.05) is 13.2 Å². The fourth-order valence-corrected chi connectivity index (χ4v) is 1.32. The van der Waals surface area contributed by atoms with Crippen molar-refractivity contribution in [2.24, 2.45) is 5.11 Å². The highest BCUT2D eigenvalue weighted by atomic mass is 16.6. The predicted octanol–water partition coefficient (Wildman–Crippen LogP) is 1.59. The van der Waals surface area contributed by atoms with Crippen molar-refractivity contribution >= 4 is 6.09 Å². The molecule has 0 saturated carbocycles. The summed E-state index contributed by atoms with van der Waals surface area (Å²) in [5, 5.41) is 6.16. The monoisotopic (exact) mass is 228 g/mol. The zero-order chi connectivity index (χ0) is 12.2. The van der Waals surface area contributed by atoms with Crippen LogP contribution in [-0.2, 0) is 9.47 Å². The van der Waals surface area contributed by atoms with E-state index in [9.17, 15) is 4.79 Å². The van der Waals surface area contributed by atoms with E-state index in [0.29, 0.717) is 13.2 Å². The highest BCUT2D eigenvalue weighted by Crippen LogP contribution is 2.12. The second-order valence-electron chi connectivity index (χ2n) is 4.56. The summed E-state index contributed by atoms with van der Waals surface area (Å²) in [6, 6.07) is -0.678. The topological polar surface area (TPSA) is 96.3 Å². The van der Waals surface area contributed by atoms with E-state index in [4.69, 9.17) is 15.0 Å². The Bertz CT molecular complexity index is 306. The molecule has 0 aromatic carbocycles. The van der Waals surface area contributed by atoms with Gasteiger partial charge < -0.3 is 14.8 Å². The normalized spacial score (nSPS) is 24.7. The molecule has 1 N–H and O–H groups in total. The Kier molecular flexibility index (Phi) is 3.98. The molecule has 1 saturated heterocycles. The summed E-state index contributed by atoms with van der Waals surface area (Å²) in [6.45, 7) is 6.00. The van der Waals surface area contributed by atoms with Crippen molar-refractivity contribution in [1.29, 1.82) is 0 Å². The van der Waals surface area contributed by atoms with Crippen LogP contribution in [0.5, 0.6) is 0 Å². The average molecular weight is 228 g/mol. The van der Waals surface area contributed by atoms with E-state index in [0.717, 1.165) is 0 Å². The quantitative estimate of drug-likeness (QED) is 0.441. The van der Waals surface area contributed by atoms with Crippen molar-refractivity contribution in [1.82, 2.24) is 5.32 Å². The Balaban J connectivity index is 2.47. The van der Waals surface area contributed by atoms with Crippen LogP contribution in [0.25, 0.3) is 10.4 Å². The van der Waals surface area contributed by atoms with Gasteiger partial charge in [0.15, 0.2) is 0 Å². The second-order valence-corrected chi connectivity index (χ2v) is 4.56. The minimum absolute atomic E-state index is 0.314. The van der Waals surface area contributed by atoms with E-state index in [1.165, 1.54) is 0 Å². The highest BCUT2D eigenvalue weighted by molar-refractivity contribution is 5.68. The molecule has 0 spiro atoms. The molecule has 1 heterocycles. The first kappa shape index (κ1) is 12.6. The minimum Gasteiger partial charge on any atom is -0.444 e. The molecule has 90 valence electrons. The van der Waals surface area contributed by atoms with Crippen molar-refractivity contribution in [3.63, 3.8) is 0 Å². The number of carbonyl (C=O) groups is 1. The minimum atomic E-state index is -0.544. The number of ether oxygens (including phenoxy) is 2. The molecule has 7 heteroatoms. The smallest absolute Gasteiger partial charge is 0.407 e. The molecule has 1 rings (SSSR count). The first-order valence-corrected chi connectivity index (χ1v) is 5.04. The molecule has 2 atom stereocenters. The number of hydrogen-bond donors (Lipinski definition) is 1. The second kappa shape index (κ2) is 5.05. The predicted molar refractivity (Wildman–Crippen MR) is 56.9 cm³/mol. The van der Waals surface area contributed by atoms with Crippen LogP contribution >= 0.6 is 0 Å². The first-order chi connectivity index (χ1) is 7.42. The van der Waals surface area contributed by atoms with E-state index < -0.39 is 11.7 Å². The summed E-state index contributed by atoms with van der Waals surface area (Å²) in [5.74, 6) is 0. The molecule has 1 amide bonds. The number of azide groups is 1. The summed E-state index contributed by atoms with van der Waals surface area (Å²) >= 11 is 0. The lowest BCUT2D eigenvalue weighted by atomic mass is 10.2. The molecule has 1 fully saturated rings. The van der Waals surface area contributed by atoms with Crippen LogP contribution in [0.4, 0.5) is 4.79 Å². The lowest BCUT2D eigenvalue weighted by molar-refractivity contribution is 0.0496. The zero-order valence-electron chi connectivity index (χ0n) is 9.64. The van der Waals surface area contributed by atoms with Gasteiger partial charge in [0.25, 0.3) is 0 Å². The van der Waals surface area contributed by atoms with Crippen LogP contribution in [0.2, 0.25) is 0 Å². The van der Waals surface area contributed by atoms with Gasteiger partial charge in [0.1, 0.15) is 5.60 Å². The Morgan fingerprint density at radius 3 is 2.81 bits per heavy atom. The van der Waals surface area contributed by atoms with Gasteiger partial charge in [-0.1, -0.05) is 5.11 Å². The number of carbonyl (C=O) groups excluding carboxylic acids is 1. The first-order valence-electron chi connectivity index (χ1n) is 5.04. The van der Waals surface area contributed by atoms with E-state index in [1.54, 1.807) is 20.8 Å². The molecule has 0 aromatic rings. The third kappa shape index (κ3) is 3.96. The van der Waals surface area contributed by atoms with Gasteiger partial charge in [-0.3, -0.25) is 0 Å². The Morgan fingerprint density at radius 1 is 1.56 bits per heavy atom. The van der Waals surface area contributed by atoms with Crippen LogP contribution in [0.1, 0.15) is 20.8 Å². The number of hydrogen-bond acceptors (Lipinski definition) is 4. The summed E-state index contributed by atoms with van der Waals surface area (Å²) < 4.78 is 10.2. The zero-order valence-corrected chi connectivity index (χ0v) is 9.64. The molecule has 0 bridgehead atoms. The maximum absolute atomic E-state index is 11.4. The van der Waals surface area contributed by atoms with Gasteiger partial charge in [0.05, 0.1) is 25.3 Å². The highest BCUT2D eigenvalue weighted by Gasteiger charge is 2.30. The van der Waals surface area contributed by atoms with Gasteiger partial charge in [-0.05, 0) is 26.3 Å². The summed E-state index contributed by atoms with van der Waals surface area (Å²) in [6.07, 6.45) is -0.527. The molecule has 0 aliphatic carbocycles. The standard InChI is InChI=1S/C9H16N4O3/c1-9(2,3)16-8(14)11-6-4-15-5-7(6)12-13-10/h6-7H,4-5H2,1-3H3,(H,11,14)/t6-,7?/m0/s1. The summed E-state index contributed by atoms with van der Waals surface area (Å²) in [7, 11) is 0. The van der Waals surface area contributed by atoms with Crippen molar-refractivity contribution < 1.29 is 14.3 Å². The van der Waals surface area contributed by atoms with E-state index in [-0.39, 0.29) is 12.1 Å². The fraction of sp³-hybridized carbons (Fsp3) is 0.889. The Labute approximate surface area is 93.7 Å². The van der Waals surface area contributed by atoms with Gasteiger partial charge in [-0.15, -0.1) is 0 Å². The van der Waals surface area contributed by atoms with Gasteiger partial charge in [-0.25, -0.2) is 4.79 Å². The molecule has 16 heavy (non-hydrogen) atoms. The maximum atomic E-state index is 11.4. The number of amides is 1. The van der Waals surface area contributed by atoms with Gasteiger partial charge in [0.2, 0.25) is 0 Å². The third-order valence-corrected chi connectivity index (χ3v) is 1.95. The third-order valence-electron chi connectivity index (χ3n) is 1.95. The SMILES string of the molecule is CC(C)(C)OC(=O)N[C@H]1COCC1N=[N+]=[N-]. The lowest BCUT2D eigenvalue weighted by Crippen LogP contribution is -2.44. The van der Waals surface area contributed by atoms with Crippen LogP contribution in [0.15, 0.2) is 5.11 Å². The maximum Gasteiger partial charge on any atom is 0.407 e. The Morgan fingerprint density at radius 2 is 2.25 bits per heavy atom. The van der Waals surface area contributed by atoms with Crippen molar-refractivity contribution in [3.05, 3.63) is 10.4 Å². The van der Waals surface area contributed by atoms with Crippen molar-refractivity contribution in [2.45, 2.75) is 38.5 Å². The van der Waals surface area contributed by atoms with Crippen LogP contribution in [0, 0.1) is 0 Å². The molecular weight excluding hydrogens is 212 g/mol. The number of alkyl carbamates (subject to hydrolysis) is 1. The average Bonchev–Trinajstić information content (AvgIpc) is 2.50. The lowest BCUT2D eigenvalue weighted by Gasteiger charge is -2.22. The van der Waals surface area contributed by atoms with Crippen LogP contribution in [-0.4, -0.2) is 37.0 Å². The molecule has 0 aromatic heterocycles. The Hall–Kier alpha value is -1.46. The number of rotatable bonds is 2. The van der Waals surface area contributed by atoms with Gasteiger partial charge >= 0.3 is 6.09 Å². The van der Waals surface area contributed by atoms with Gasteiger partial charge in [-0.2, -0.15) is 0 Å². The summed E-state index contributed by atoms with van der Waals surface area (Å²) in [5.41, 5.74) is 7.78. The van der Waals surface area contributed by atoms with E-state index in [1.807, 2.05) is 0 Å². The molecule has 7 nitrogen and oxygen atoms in total. The number of nitrogens with one attached hydrogen (secondary N) is 1. The molecule has 1 unspecified atom stereocenters. The fourth-order valence-electron chi connectivity index (χ4n) is 1.32. The van der Waals surface area contributed by atoms with Crippen LogP contribution in [0.3, 0.4) is 0 Å². The molecule has 0 radical (unpaired) electrons. The van der Waals surface area contributed by atoms with E-state index in [2.05, 4.69) is 15.3 Å². The molecular formula is C9H16N4O3. The number of nitrogens with zero attached hydrogens (tertiary/aromatic N) is 3. The largest absolute Gasteiger partial charge is 0.444 e. The molecule has 1 aliphatic heterocycles. The van der Waals surface area contributed by atoms with E-state index >= 15 is 0 Å².